The molecule has 0 aromatic heterocycles. The monoisotopic (exact) mass is 343 g/mol. The maximum absolute atomic E-state index is 12.6. The van der Waals surface area contributed by atoms with Gasteiger partial charge in [-0.3, -0.25) is 4.79 Å². The molecule has 3 rings (SSSR count). The number of carbonyl (C=O) groups excluding carboxylic acids is 2. The Morgan fingerprint density at radius 3 is 2.40 bits per heavy atom. The van der Waals surface area contributed by atoms with E-state index in [1.54, 1.807) is 32.3 Å². The molecule has 1 aromatic rings. The van der Waals surface area contributed by atoms with Crippen LogP contribution in [-0.4, -0.2) is 37.0 Å². The Morgan fingerprint density at radius 2 is 1.84 bits per heavy atom. The molecule has 2 aliphatic carbocycles. The summed E-state index contributed by atoms with van der Waals surface area (Å²) in [7, 11) is 3.41. The Balaban J connectivity index is 1.72. The molecule has 3 atom stereocenters. The third-order valence-corrected chi connectivity index (χ3v) is 6.91. The zero-order valence-corrected chi connectivity index (χ0v) is 15.8. The topological polar surface area (TPSA) is 61.4 Å². The number of hydrogen-bond donors (Lipinski definition) is 2. The summed E-state index contributed by atoms with van der Waals surface area (Å²) in [6, 6.07) is 7.08. The van der Waals surface area contributed by atoms with Crippen molar-refractivity contribution >= 4 is 17.6 Å². The smallest absolute Gasteiger partial charge is 0.319 e. The van der Waals surface area contributed by atoms with Crippen LogP contribution in [0.4, 0.5) is 10.5 Å². The van der Waals surface area contributed by atoms with Crippen molar-refractivity contribution < 1.29 is 9.59 Å². The van der Waals surface area contributed by atoms with Gasteiger partial charge in [-0.15, -0.1) is 0 Å². The highest BCUT2D eigenvalue weighted by Crippen LogP contribution is 2.65. The number of nitrogens with one attached hydrogen (secondary N) is 2. The van der Waals surface area contributed by atoms with Crippen LogP contribution in [0.2, 0.25) is 0 Å². The molecule has 2 aliphatic rings. The fraction of sp³-hybridized carbons (Fsp3) is 0.600. The second kappa shape index (κ2) is 6.04. The number of amides is 3. The molecule has 0 radical (unpaired) electrons. The molecule has 5 heteroatoms. The Kier molecular flexibility index (Phi) is 4.30. The molecule has 2 saturated carbocycles. The number of urea groups is 1. The van der Waals surface area contributed by atoms with E-state index in [-0.39, 0.29) is 28.8 Å². The van der Waals surface area contributed by atoms with Crippen molar-refractivity contribution in [2.45, 2.75) is 46.1 Å². The first kappa shape index (κ1) is 17.8. The quantitative estimate of drug-likeness (QED) is 0.878. The van der Waals surface area contributed by atoms with Crippen molar-refractivity contribution in [3.63, 3.8) is 0 Å². The Labute approximate surface area is 150 Å². The summed E-state index contributed by atoms with van der Waals surface area (Å²) in [5.41, 5.74) is 1.44. The predicted octanol–water partition coefficient (Wildman–Crippen LogP) is 3.72. The minimum Gasteiger partial charge on any atom is -0.345 e. The minimum atomic E-state index is -0.228. The Bertz CT molecular complexity index is 698. The van der Waals surface area contributed by atoms with E-state index in [4.69, 9.17) is 0 Å². The van der Waals surface area contributed by atoms with Gasteiger partial charge in [0.25, 0.3) is 5.91 Å². The van der Waals surface area contributed by atoms with Crippen LogP contribution >= 0.6 is 0 Å². The SMILES string of the molecule is CN(C)C(=O)c1ccccc1NC(=O)NC1CC2CCC1(C)C2(C)C. The predicted molar refractivity (Wildman–Crippen MR) is 99.6 cm³/mol. The van der Waals surface area contributed by atoms with Gasteiger partial charge in [-0.1, -0.05) is 32.9 Å². The molecule has 5 nitrogen and oxygen atoms in total. The van der Waals surface area contributed by atoms with Gasteiger partial charge < -0.3 is 15.5 Å². The van der Waals surface area contributed by atoms with Crippen LogP contribution in [0, 0.1) is 16.7 Å². The number of fused-ring (bicyclic) bond motifs is 2. The van der Waals surface area contributed by atoms with Crippen LogP contribution in [0.15, 0.2) is 24.3 Å². The van der Waals surface area contributed by atoms with Crippen molar-refractivity contribution in [2.24, 2.45) is 16.7 Å². The van der Waals surface area contributed by atoms with Crippen LogP contribution in [0.5, 0.6) is 0 Å². The Morgan fingerprint density at radius 1 is 1.16 bits per heavy atom. The lowest BCUT2D eigenvalue weighted by Gasteiger charge is -2.39. The van der Waals surface area contributed by atoms with Crippen molar-refractivity contribution in [2.75, 3.05) is 19.4 Å². The lowest BCUT2D eigenvalue weighted by molar-refractivity contribution is 0.0828. The third kappa shape index (κ3) is 2.79. The average Bonchev–Trinajstić information content (AvgIpc) is 2.88. The molecule has 3 unspecified atom stereocenters. The van der Waals surface area contributed by atoms with Crippen molar-refractivity contribution in [1.29, 1.82) is 0 Å². The second-order valence-electron chi connectivity index (χ2n) is 8.51. The number of para-hydroxylation sites is 1. The van der Waals surface area contributed by atoms with Gasteiger partial charge in [0.05, 0.1) is 11.3 Å². The largest absolute Gasteiger partial charge is 0.345 e. The van der Waals surface area contributed by atoms with Crippen LogP contribution < -0.4 is 10.6 Å². The number of carbonyl (C=O) groups is 2. The van der Waals surface area contributed by atoms with E-state index in [2.05, 4.69) is 31.4 Å². The average molecular weight is 343 g/mol. The van der Waals surface area contributed by atoms with Crippen molar-refractivity contribution in [3.8, 4) is 0 Å². The van der Waals surface area contributed by atoms with Crippen LogP contribution in [0.1, 0.15) is 50.4 Å². The summed E-state index contributed by atoms with van der Waals surface area (Å²) >= 11 is 0. The third-order valence-electron chi connectivity index (χ3n) is 6.91. The summed E-state index contributed by atoms with van der Waals surface area (Å²) in [5, 5.41) is 6.06. The highest BCUT2D eigenvalue weighted by atomic mass is 16.2. The summed E-state index contributed by atoms with van der Waals surface area (Å²) in [5.74, 6) is 0.550. The van der Waals surface area contributed by atoms with E-state index in [0.717, 1.165) is 12.8 Å². The molecule has 3 amide bonds. The minimum absolute atomic E-state index is 0.121. The molecule has 0 aliphatic heterocycles. The van der Waals surface area contributed by atoms with E-state index < -0.39 is 0 Å². The van der Waals surface area contributed by atoms with Gasteiger partial charge >= 0.3 is 6.03 Å². The van der Waals surface area contributed by atoms with Gasteiger partial charge in [-0.25, -0.2) is 4.79 Å². The molecule has 1 aromatic carbocycles. The summed E-state index contributed by atoms with van der Waals surface area (Å²) in [4.78, 5) is 26.4. The van der Waals surface area contributed by atoms with Gasteiger partial charge in [0.1, 0.15) is 0 Å². The summed E-state index contributed by atoms with van der Waals surface area (Å²) < 4.78 is 0. The summed E-state index contributed by atoms with van der Waals surface area (Å²) in [6.45, 7) is 6.96. The normalized spacial score (nSPS) is 29.3. The van der Waals surface area contributed by atoms with Gasteiger partial charge in [0, 0.05) is 20.1 Å². The highest BCUT2D eigenvalue weighted by Gasteiger charge is 2.61. The Hall–Kier alpha value is -2.04. The summed E-state index contributed by atoms with van der Waals surface area (Å²) in [6.07, 6.45) is 3.45. The number of rotatable bonds is 3. The van der Waals surface area contributed by atoms with Crippen molar-refractivity contribution in [3.05, 3.63) is 29.8 Å². The standard InChI is InChI=1S/C20H29N3O2/c1-19(2)13-10-11-20(19,3)16(12-13)22-18(25)21-15-9-7-6-8-14(15)17(24)23(4)5/h6-9,13,16H,10-12H2,1-5H3,(H2,21,22,25). The lowest BCUT2D eigenvalue weighted by atomic mass is 9.69. The number of anilines is 1. The van der Waals surface area contributed by atoms with E-state index >= 15 is 0 Å². The van der Waals surface area contributed by atoms with E-state index in [1.165, 1.54) is 11.3 Å². The molecule has 2 fully saturated rings. The molecular formula is C20H29N3O2. The first-order valence-corrected chi connectivity index (χ1v) is 9.05. The molecule has 25 heavy (non-hydrogen) atoms. The van der Waals surface area contributed by atoms with Gasteiger partial charge in [0.2, 0.25) is 0 Å². The molecule has 136 valence electrons. The molecule has 2 bridgehead atoms. The van der Waals surface area contributed by atoms with E-state index in [1.807, 2.05) is 6.07 Å². The molecular weight excluding hydrogens is 314 g/mol. The highest BCUT2D eigenvalue weighted by molar-refractivity contribution is 6.03. The van der Waals surface area contributed by atoms with Gasteiger partial charge in [-0.2, -0.15) is 0 Å². The number of nitrogens with zero attached hydrogens (tertiary/aromatic N) is 1. The first-order chi connectivity index (χ1) is 11.7. The van der Waals surface area contributed by atoms with Crippen LogP contribution in [0.3, 0.4) is 0 Å². The maximum atomic E-state index is 12.6. The zero-order valence-electron chi connectivity index (χ0n) is 15.8. The molecule has 2 N–H and O–H groups in total. The van der Waals surface area contributed by atoms with Crippen LogP contribution in [0.25, 0.3) is 0 Å². The lowest BCUT2D eigenvalue weighted by Crippen LogP contribution is -2.48. The number of benzene rings is 1. The van der Waals surface area contributed by atoms with Crippen molar-refractivity contribution in [1.82, 2.24) is 10.2 Å². The van der Waals surface area contributed by atoms with E-state index in [0.29, 0.717) is 17.2 Å². The fourth-order valence-electron chi connectivity index (χ4n) is 4.76. The van der Waals surface area contributed by atoms with E-state index in [9.17, 15) is 9.59 Å². The zero-order chi connectivity index (χ0) is 18.4. The van der Waals surface area contributed by atoms with Gasteiger partial charge in [-0.05, 0) is 48.1 Å². The van der Waals surface area contributed by atoms with Gasteiger partial charge in [0.15, 0.2) is 0 Å². The van der Waals surface area contributed by atoms with Crippen LogP contribution in [-0.2, 0) is 0 Å². The molecule has 0 saturated heterocycles. The number of hydrogen-bond acceptors (Lipinski definition) is 2. The first-order valence-electron chi connectivity index (χ1n) is 9.05. The molecule has 0 heterocycles. The maximum Gasteiger partial charge on any atom is 0.319 e. The molecule has 0 spiro atoms. The fourth-order valence-corrected chi connectivity index (χ4v) is 4.76. The second-order valence-corrected chi connectivity index (χ2v) is 8.51.